The minimum absolute atomic E-state index is 0.559. The summed E-state index contributed by atoms with van der Waals surface area (Å²) in [7, 11) is 0. The zero-order valence-corrected chi connectivity index (χ0v) is 7.93. The molecule has 0 spiro atoms. The predicted octanol–water partition coefficient (Wildman–Crippen LogP) is 1.14. The summed E-state index contributed by atoms with van der Waals surface area (Å²) in [6, 6.07) is 0.559. The van der Waals surface area contributed by atoms with Gasteiger partial charge in [-0.25, -0.2) is 4.98 Å². The second kappa shape index (κ2) is 2.60. The van der Waals surface area contributed by atoms with E-state index >= 15 is 0 Å². The lowest BCUT2D eigenvalue weighted by atomic mass is 10.3. The normalized spacial score (nSPS) is 23.3. The van der Waals surface area contributed by atoms with E-state index in [1.807, 2.05) is 6.20 Å². The van der Waals surface area contributed by atoms with Crippen molar-refractivity contribution in [2.75, 3.05) is 0 Å². The molecule has 0 radical (unpaired) electrons. The Morgan fingerprint density at radius 2 is 2.64 bits per heavy atom. The molecule has 1 atom stereocenters. The standard InChI is InChI=1S/C7H10BrN3/c1-5-3-11-4-6(8)10-7(11)2-9-5/h4-5,9H,2-3H2,1H3. The van der Waals surface area contributed by atoms with Gasteiger partial charge in [0.25, 0.3) is 0 Å². The largest absolute Gasteiger partial charge is 0.331 e. The first-order chi connectivity index (χ1) is 5.25. The van der Waals surface area contributed by atoms with Gasteiger partial charge in [-0.1, -0.05) is 0 Å². The Bertz CT molecular complexity index is 269. The molecule has 3 nitrogen and oxygen atoms in total. The summed E-state index contributed by atoms with van der Waals surface area (Å²) < 4.78 is 3.12. The van der Waals surface area contributed by atoms with E-state index in [9.17, 15) is 0 Å². The van der Waals surface area contributed by atoms with Crippen molar-refractivity contribution in [3.8, 4) is 0 Å². The average Bonchev–Trinajstić information content (AvgIpc) is 2.27. The maximum atomic E-state index is 4.30. The first-order valence-corrected chi connectivity index (χ1v) is 4.50. The highest BCUT2D eigenvalue weighted by Crippen LogP contribution is 2.13. The molecule has 1 aromatic heterocycles. The molecule has 0 aliphatic carbocycles. The summed E-state index contributed by atoms with van der Waals surface area (Å²) in [5.41, 5.74) is 0. The van der Waals surface area contributed by atoms with Crippen LogP contribution in [0.3, 0.4) is 0 Å². The molecule has 4 heteroatoms. The van der Waals surface area contributed by atoms with Gasteiger partial charge >= 0.3 is 0 Å². The Kier molecular flexibility index (Phi) is 1.73. The van der Waals surface area contributed by atoms with Crippen LogP contribution in [0.15, 0.2) is 10.8 Å². The van der Waals surface area contributed by atoms with Crippen molar-refractivity contribution < 1.29 is 0 Å². The Hall–Kier alpha value is -0.350. The molecule has 60 valence electrons. The highest BCUT2D eigenvalue weighted by Gasteiger charge is 2.14. The first kappa shape index (κ1) is 7.31. The molecule has 2 rings (SSSR count). The fourth-order valence-electron chi connectivity index (χ4n) is 1.34. The smallest absolute Gasteiger partial charge is 0.124 e. The molecule has 0 aromatic carbocycles. The second-order valence-electron chi connectivity index (χ2n) is 2.91. The van der Waals surface area contributed by atoms with Crippen molar-refractivity contribution in [1.82, 2.24) is 14.9 Å². The summed E-state index contributed by atoms with van der Waals surface area (Å²) in [6.45, 7) is 4.08. The van der Waals surface area contributed by atoms with Gasteiger partial charge in [-0.05, 0) is 22.9 Å². The third-order valence-electron chi connectivity index (χ3n) is 1.91. The van der Waals surface area contributed by atoms with Crippen LogP contribution < -0.4 is 5.32 Å². The SMILES string of the molecule is CC1Cn2cc(Br)nc2CN1. The van der Waals surface area contributed by atoms with Gasteiger partial charge in [0.05, 0.1) is 6.54 Å². The maximum Gasteiger partial charge on any atom is 0.124 e. The highest BCUT2D eigenvalue weighted by molar-refractivity contribution is 9.10. The zero-order chi connectivity index (χ0) is 7.84. The van der Waals surface area contributed by atoms with E-state index in [0.29, 0.717) is 6.04 Å². The number of aromatic nitrogens is 2. The Morgan fingerprint density at radius 1 is 1.82 bits per heavy atom. The van der Waals surface area contributed by atoms with Crippen LogP contribution in [0.25, 0.3) is 0 Å². The van der Waals surface area contributed by atoms with Crippen LogP contribution in [-0.2, 0) is 13.1 Å². The number of imidazole rings is 1. The lowest BCUT2D eigenvalue weighted by Crippen LogP contribution is -2.36. The van der Waals surface area contributed by atoms with Crippen LogP contribution >= 0.6 is 15.9 Å². The first-order valence-electron chi connectivity index (χ1n) is 3.70. The Labute approximate surface area is 73.9 Å². The number of hydrogen-bond donors (Lipinski definition) is 1. The molecule has 0 fully saturated rings. The van der Waals surface area contributed by atoms with Crippen molar-refractivity contribution in [3.05, 3.63) is 16.6 Å². The van der Waals surface area contributed by atoms with E-state index in [4.69, 9.17) is 0 Å². The van der Waals surface area contributed by atoms with Gasteiger partial charge in [0.2, 0.25) is 0 Å². The van der Waals surface area contributed by atoms with E-state index < -0.39 is 0 Å². The Morgan fingerprint density at radius 3 is 3.45 bits per heavy atom. The van der Waals surface area contributed by atoms with Crippen LogP contribution in [0.5, 0.6) is 0 Å². The van der Waals surface area contributed by atoms with Crippen molar-refractivity contribution in [2.24, 2.45) is 0 Å². The molecule has 0 saturated carbocycles. The molecule has 1 unspecified atom stereocenters. The van der Waals surface area contributed by atoms with Crippen LogP contribution in [0.4, 0.5) is 0 Å². The average molecular weight is 216 g/mol. The van der Waals surface area contributed by atoms with E-state index in [-0.39, 0.29) is 0 Å². The van der Waals surface area contributed by atoms with Gasteiger partial charge in [0, 0.05) is 18.8 Å². The second-order valence-corrected chi connectivity index (χ2v) is 3.73. The van der Waals surface area contributed by atoms with Crippen molar-refractivity contribution >= 4 is 15.9 Å². The molecule has 0 bridgehead atoms. The summed E-state index contributed by atoms with van der Waals surface area (Å²) >= 11 is 3.35. The van der Waals surface area contributed by atoms with Gasteiger partial charge in [-0.3, -0.25) is 0 Å². The fraction of sp³-hybridized carbons (Fsp3) is 0.571. The summed E-state index contributed by atoms with van der Waals surface area (Å²) in [5, 5.41) is 3.35. The van der Waals surface area contributed by atoms with E-state index in [1.165, 1.54) is 0 Å². The number of nitrogens with one attached hydrogen (secondary N) is 1. The molecule has 2 heterocycles. The number of fused-ring (bicyclic) bond motifs is 1. The summed E-state index contributed by atoms with van der Waals surface area (Å²) in [6.07, 6.45) is 2.03. The van der Waals surface area contributed by atoms with Crippen LogP contribution in [0.1, 0.15) is 12.7 Å². The van der Waals surface area contributed by atoms with Gasteiger partial charge in [-0.15, -0.1) is 0 Å². The predicted molar refractivity (Wildman–Crippen MR) is 46.2 cm³/mol. The monoisotopic (exact) mass is 215 g/mol. The lowest BCUT2D eigenvalue weighted by Gasteiger charge is -2.21. The minimum Gasteiger partial charge on any atom is -0.331 e. The van der Waals surface area contributed by atoms with E-state index in [2.05, 4.69) is 37.7 Å². The Balaban J connectivity index is 2.34. The van der Waals surface area contributed by atoms with Crippen molar-refractivity contribution in [3.63, 3.8) is 0 Å². The van der Waals surface area contributed by atoms with Crippen molar-refractivity contribution in [1.29, 1.82) is 0 Å². The van der Waals surface area contributed by atoms with Crippen LogP contribution in [0, 0.1) is 0 Å². The molecule has 1 N–H and O–H groups in total. The number of nitrogens with zero attached hydrogens (tertiary/aromatic N) is 2. The van der Waals surface area contributed by atoms with Crippen LogP contribution in [-0.4, -0.2) is 15.6 Å². The third kappa shape index (κ3) is 1.32. The number of rotatable bonds is 0. The lowest BCUT2D eigenvalue weighted by molar-refractivity contribution is 0.410. The van der Waals surface area contributed by atoms with E-state index in [1.54, 1.807) is 0 Å². The summed E-state index contributed by atoms with van der Waals surface area (Å²) in [4.78, 5) is 4.30. The zero-order valence-electron chi connectivity index (χ0n) is 6.34. The minimum atomic E-state index is 0.559. The molecular formula is C7H10BrN3. The topological polar surface area (TPSA) is 29.9 Å². The highest BCUT2D eigenvalue weighted by atomic mass is 79.9. The van der Waals surface area contributed by atoms with Gasteiger partial charge in [-0.2, -0.15) is 0 Å². The molecule has 1 aliphatic rings. The maximum absolute atomic E-state index is 4.30. The van der Waals surface area contributed by atoms with Gasteiger partial charge in [0.1, 0.15) is 10.4 Å². The van der Waals surface area contributed by atoms with Crippen LogP contribution in [0.2, 0.25) is 0 Å². The molecule has 11 heavy (non-hydrogen) atoms. The fourth-order valence-corrected chi connectivity index (χ4v) is 1.80. The number of hydrogen-bond acceptors (Lipinski definition) is 2. The van der Waals surface area contributed by atoms with Gasteiger partial charge < -0.3 is 9.88 Å². The molecule has 1 aliphatic heterocycles. The molecule has 1 aromatic rings. The molecular weight excluding hydrogens is 206 g/mol. The quantitative estimate of drug-likeness (QED) is 0.704. The van der Waals surface area contributed by atoms with Crippen molar-refractivity contribution in [2.45, 2.75) is 26.1 Å². The number of halogens is 1. The van der Waals surface area contributed by atoms with E-state index in [0.717, 1.165) is 23.5 Å². The molecule has 0 amide bonds. The third-order valence-corrected chi connectivity index (χ3v) is 2.29. The molecule has 0 saturated heterocycles. The summed E-state index contributed by atoms with van der Waals surface area (Å²) in [5.74, 6) is 1.12. The van der Waals surface area contributed by atoms with Gasteiger partial charge in [0.15, 0.2) is 0 Å².